The molecule has 0 aliphatic heterocycles. The summed E-state index contributed by atoms with van der Waals surface area (Å²) in [6.45, 7) is 4.85. The minimum Gasteiger partial charge on any atom is -0.496 e. The molecule has 0 radical (unpaired) electrons. The highest BCUT2D eigenvalue weighted by molar-refractivity contribution is 5.92. The maximum absolute atomic E-state index is 5.80. The van der Waals surface area contributed by atoms with E-state index < -0.39 is 0 Å². The largest absolute Gasteiger partial charge is 0.496 e. The zero-order valence-corrected chi connectivity index (χ0v) is 19.5. The van der Waals surface area contributed by atoms with Gasteiger partial charge in [-0.05, 0) is 82.0 Å². The zero-order valence-electron chi connectivity index (χ0n) is 19.5. The van der Waals surface area contributed by atoms with Crippen molar-refractivity contribution >= 4 is 16.6 Å². The van der Waals surface area contributed by atoms with Gasteiger partial charge in [-0.3, -0.25) is 4.40 Å². The van der Waals surface area contributed by atoms with Crippen LogP contribution in [0.4, 0.5) is 0 Å². The van der Waals surface area contributed by atoms with E-state index in [1.807, 2.05) is 16.5 Å². The first-order valence-corrected chi connectivity index (χ1v) is 10.9. The van der Waals surface area contributed by atoms with Crippen LogP contribution >= 0.6 is 0 Å². The van der Waals surface area contributed by atoms with E-state index in [2.05, 4.69) is 65.7 Å². The summed E-state index contributed by atoms with van der Waals surface area (Å²) >= 11 is 0. The third kappa shape index (κ3) is 4.40. The fourth-order valence-corrected chi connectivity index (χ4v) is 4.10. The van der Waals surface area contributed by atoms with Gasteiger partial charge in [0.25, 0.3) is 0 Å². The molecular weight excluding hydrogens is 402 g/mol. The van der Waals surface area contributed by atoms with Gasteiger partial charge in [-0.1, -0.05) is 6.07 Å². The van der Waals surface area contributed by atoms with Crippen molar-refractivity contribution in [3.63, 3.8) is 0 Å². The van der Waals surface area contributed by atoms with Crippen LogP contribution in [-0.2, 0) is 6.54 Å². The van der Waals surface area contributed by atoms with E-state index in [0.29, 0.717) is 0 Å². The SMILES string of the molecule is COc1ccc(-c2cc3c(cc2OC)c(C)cc2nncn23)cc1CNCCCN(C)C. The quantitative estimate of drug-likeness (QED) is 0.404. The average Bonchev–Trinajstić information content (AvgIpc) is 3.26. The van der Waals surface area contributed by atoms with E-state index in [-0.39, 0.29) is 0 Å². The average molecular weight is 434 g/mol. The van der Waals surface area contributed by atoms with Gasteiger partial charge in [0.2, 0.25) is 0 Å². The summed E-state index contributed by atoms with van der Waals surface area (Å²) in [5, 5.41) is 13.0. The van der Waals surface area contributed by atoms with Gasteiger partial charge in [-0.15, -0.1) is 10.2 Å². The second-order valence-corrected chi connectivity index (χ2v) is 8.32. The van der Waals surface area contributed by atoms with Crippen molar-refractivity contribution in [2.75, 3.05) is 41.4 Å². The maximum atomic E-state index is 5.80. The van der Waals surface area contributed by atoms with E-state index in [4.69, 9.17) is 9.47 Å². The topological polar surface area (TPSA) is 63.9 Å². The molecule has 168 valence electrons. The van der Waals surface area contributed by atoms with Crippen molar-refractivity contribution in [3.8, 4) is 22.6 Å². The Balaban J connectivity index is 1.72. The van der Waals surface area contributed by atoms with Crippen LogP contribution in [0.1, 0.15) is 17.5 Å². The number of ether oxygens (including phenoxy) is 2. The highest BCUT2D eigenvalue weighted by Crippen LogP contribution is 2.37. The molecule has 7 heteroatoms. The number of pyridine rings is 1. The molecular formula is C25H31N5O2. The molecule has 32 heavy (non-hydrogen) atoms. The van der Waals surface area contributed by atoms with E-state index in [1.165, 1.54) is 0 Å². The molecule has 2 aromatic heterocycles. The Labute approximate surface area is 189 Å². The number of methoxy groups -OCH3 is 2. The fraction of sp³-hybridized carbons (Fsp3) is 0.360. The molecule has 4 aromatic rings. The first-order valence-electron chi connectivity index (χ1n) is 10.9. The Morgan fingerprint density at radius 3 is 2.59 bits per heavy atom. The highest BCUT2D eigenvalue weighted by Gasteiger charge is 2.14. The van der Waals surface area contributed by atoms with Crippen LogP contribution in [0, 0.1) is 6.92 Å². The first kappa shape index (κ1) is 22.0. The Hall–Kier alpha value is -3.16. The Kier molecular flexibility index (Phi) is 6.58. The third-order valence-electron chi connectivity index (χ3n) is 5.79. The summed E-state index contributed by atoms with van der Waals surface area (Å²) < 4.78 is 13.4. The molecule has 0 saturated heterocycles. The summed E-state index contributed by atoms with van der Waals surface area (Å²) in [6, 6.07) is 12.6. The summed E-state index contributed by atoms with van der Waals surface area (Å²) in [4.78, 5) is 2.20. The van der Waals surface area contributed by atoms with E-state index in [0.717, 1.165) is 76.4 Å². The van der Waals surface area contributed by atoms with Crippen molar-refractivity contribution in [2.24, 2.45) is 0 Å². The molecule has 1 N–H and O–H groups in total. The zero-order chi connectivity index (χ0) is 22.7. The highest BCUT2D eigenvalue weighted by atomic mass is 16.5. The number of benzene rings is 2. The summed E-state index contributed by atoms with van der Waals surface area (Å²) in [5.74, 6) is 1.72. The monoisotopic (exact) mass is 433 g/mol. The van der Waals surface area contributed by atoms with Crippen molar-refractivity contribution in [2.45, 2.75) is 19.9 Å². The lowest BCUT2D eigenvalue weighted by molar-refractivity contribution is 0.391. The lowest BCUT2D eigenvalue weighted by Gasteiger charge is -2.16. The summed E-state index contributed by atoms with van der Waals surface area (Å²) in [5.41, 5.74) is 6.26. The van der Waals surface area contributed by atoms with Crippen LogP contribution in [-0.4, -0.2) is 60.9 Å². The van der Waals surface area contributed by atoms with Crippen molar-refractivity contribution in [1.29, 1.82) is 0 Å². The molecule has 0 atom stereocenters. The van der Waals surface area contributed by atoms with Gasteiger partial charge in [-0.25, -0.2) is 0 Å². The van der Waals surface area contributed by atoms with Crippen LogP contribution in [0.25, 0.3) is 27.7 Å². The minimum absolute atomic E-state index is 0.745. The lowest BCUT2D eigenvalue weighted by atomic mass is 9.98. The molecule has 4 rings (SSSR count). The van der Waals surface area contributed by atoms with Gasteiger partial charge in [0, 0.05) is 23.1 Å². The third-order valence-corrected chi connectivity index (χ3v) is 5.79. The maximum Gasteiger partial charge on any atom is 0.161 e. The second-order valence-electron chi connectivity index (χ2n) is 8.32. The molecule has 0 aliphatic carbocycles. The number of hydrogen-bond acceptors (Lipinski definition) is 6. The standard InChI is InChI=1S/C25H31N5O2/c1-17-11-25-28-27-16-30(25)22-13-21(24(32-5)14-20(17)22)18-7-8-23(31-4)19(12-18)15-26-9-6-10-29(2)3/h7-8,11-14,16,26H,6,9-10,15H2,1-5H3. The lowest BCUT2D eigenvalue weighted by Crippen LogP contribution is -2.21. The van der Waals surface area contributed by atoms with Crippen LogP contribution in [0.15, 0.2) is 42.7 Å². The molecule has 0 saturated carbocycles. The number of hydrogen-bond donors (Lipinski definition) is 1. The van der Waals surface area contributed by atoms with Gasteiger partial charge in [0.05, 0.1) is 19.7 Å². The van der Waals surface area contributed by atoms with Crippen LogP contribution < -0.4 is 14.8 Å². The number of nitrogens with zero attached hydrogens (tertiary/aromatic N) is 4. The van der Waals surface area contributed by atoms with E-state index in [9.17, 15) is 0 Å². The van der Waals surface area contributed by atoms with Gasteiger partial charge >= 0.3 is 0 Å². The van der Waals surface area contributed by atoms with E-state index >= 15 is 0 Å². The van der Waals surface area contributed by atoms with Gasteiger partial charge < -0.3 is 19.7 Å². The van der Waals surface area contributed by atoms with E-state index in [1.54, 1.807) is 20.5 Å². The number of nitrogens with one attached hydrogen (secondary N) is 1. The number of aryl methyl sites for hydroxylation is 1. The number of aromatic nitrogens is 3. The molecule has 0 bridgehead atoms. The molecule has 0 unspecified atom stereocenters. The van der Waals surface area contributed by atoms with Crippen LogP contribution in [0.5, 0.6) is 11.5 Å². The molecule has 0 spiro atoms. The first-order chi connectivity index (χ1) is 15.5. The van der Waals surface area contributed by atoms with Crippen LogP contribution in [0.2, 0.25) is 0 Å². The number of rotatable bonds is 9. The predicted octanol–water partition coefficient (Wildman–Crippen LogP) is 3.92. The van der Waals surface area contributed by atoms with Crippen molar-refractivity contribution in [3.05, 3.63) is 53.9 Å². The molecule has 7 nitrogen and oxygen atoms in total. The van der Waals surface area contributed by atoms with Gasteiger partial charge in [0.15, 0.2) is 5.65 Å². The normalized spacial score (nSPS) is 11.6. The van der Waals surface area contributed by atoms with Crippen molar-refractivity contribution < 1.29 is 9.47 Å². The molecule has 2 heterocycles. The molecule has 0 fully saturated rings. The summed E-state index contributed by atoms with van der Waals surface area (Å²) in [6.07, 6.45) is 2.85. The smallest absolute Gasteiger partial charge is 0.161 e. The predicted molar refractivity (Wildman–Crippen MR) is 129 cm³/mol. The summed E-state index contributed by atoms with van der Waals surface area (Å²) in [7, 11) is 7.62. The van der Waals surface area contributed by atoms with Crippen LogP contribution in [0.3, 0.4) is 0 Å². The van der Waals surface area contributed by atoms with Crippen molar-refractivity contribution in [1.82, 2.24) is 24.8 Å². The van der Waals surface area contributed by atoms with Gasteiger partial charge in [-0.2, -0.15) is 0 Å². The number of fused-ring (bicyclic) bond motifs is 3. The fourth-order valence-electron chi connectivity index (χ4n) is 4.10. The second kappa shape index (κ2) is 9.54. The molecule has 0 amide bonds. The Morgan fingerprint density at radius 1 is 1.03 bits per heavy atom. The Morgan fingerprint density at radius 2 is 1.84 bits per heavy atom. The Bertz CT molecular complexity index is 1230. The van der Waals surface area contributed by atoms with Gasteiger partial charge in [0.1, 0.15) is 17.8 Å². The molecule has 0 aliphatic rings. The minimum atomic E-state index is 0.745. The molecule has 2 aromatic carbocycles.